The summed E-state index contributed by atoms with van der Waals surface area (Å²) in [5, 5.41) is 10.3. The summed E-state index contributed by atoms with van der Waals surface area (Å²) in [6.07, 6.45) is 3.13. The molecule has 3 atom stereocenters. The highest BCUT2D eigenvalue weighted by Crippen LogP contribution is 2.39. The number of aromatic nitrogens is 2. The number of hydrogen-bond acceptors (Lipinski definition) is 6. The SMILES string of the molecule is CCC(Cc1nnc([C@@H]2CC[C@@H]3CN2C(=O)N3OCc2ccccc2)o1)O[Si](C)(C)C(C)(C)C. The van der Waals surface area contributed by atoms with Crippen molar-refractivity contribution >= 4 is 14.3 Å². The molecule has 1 aromatic heterocycles. The maximum atomic E-state index is 13.1. The molecule has 9 heteroatoms. The van der Waals surface area contributed by atoms with Crippen LogP contribution in [0.3, 0.4) is 0 Å². The van der Waals surface area contributed by atoms with Crippen molar-refractivity contribution in [3.8, 4) is 0 Å². The van der Waals surface area contributed by atoms with Crippen molar-refractivity contribution in [3.63, 3.8) is 0 Å². The Hall–Kier alpha value is -2.23. The first-order valence-corrected chi connectivity index (χ1v) is 15.3. The predicted molar refractivity (Wildman–Crippen MR) is 131 cm³/mol. The van der Waals surface area contributed by atoms with Gasteiger partial charge in [-0.1, -0.05) is 58.0 Å². The van der Waals surface area contributed by atoms with Crippen LogP contribution in [0.1, 0.15) is 70.3 Å². The van der Waals surface area contributed by atoms with Gasteiger partial charge in [0.25, 0.3) is 0 Å². The Morgan fingerprint density at radius 3 is 2.59 bits per heavy atom. The molecule has 2 aliphatic heterocycles. The Labute approximate surface area is 203 Å². The van der Waals surface area contributed by atoms with E-state index in [4.69, 9.17) is 13.7 Å². The highest BCUT2D eigenvalue weighted by Gasteiger charge is 2.48. The lowest BCUT2D eigenvalue weighted by Crippen LogP contribution is -2.44. The minimum absolute atomic E-state index is 0.0419. The van der Waals surface area contributed by atoms with E-state index in [-0.39, 0.29) is 29.3 Å². The molecule has 2 fully saturated rings. The van der Waals surface area contributed by atoms with E-state index in [0.717, 1.165) is 24.8 Å². The molecule has 3 heterocycles. The summed E-state index contributed by atoms with van der Waals surface area (Å²) in [6, 6.07) is 9.60. The Morgan fingerprint density at radius 2 is 1.91 bits per heavy atom. The van der Waals surface area contributed by atoms with E-state index in [9.17, 15) is 4.79 Å². The van der Waals surface area contributed by atoms with Crippen molar-refractivity contribution in [3.05, 3.63) is 47.7 Å². The number of fused-ring (bicyclic) bond motifs is 2. The summed E-state index contributed by atoms with van der Waals surface area (Å²) in [5.41, 5.74) is 1.04. The second-order valence-electron chi connectivity index (χ2n) is 10.9. The van der Waals surface area contributed by atoms with Crippen LogP contribution in [-0.2, 0) is 22.3 Å². The third-order valence-electron chi connectivity index (χ3n) is 7.43. The fourth-order valence-corrected chi connectivity index (χ4v) is 5.75. The summed E-state index contributed by atoms with van der Waals surface area (Å²) < 4.78 is 12.7. The molecule has 34 heavy (non-hydrogen) atoms. The summed E-state index contributed by atoms with van der Waals surface area (Å²) in [7, 11) is -1.89. The first-order chi connectivity index (χ1) is 16.1. The second-order valence-corrected chi connectivity index (χ2v) is 15.7. The number of hydrogen-bond donors (Lipinski definition) is 0. The van der Waals surface area contributed by atoms with Crippen LogP contribution in [0.15, 0.2) is 34.7 Å². The lowest BCUT2D eigenvalue weighted by atomic mass is 10.0. The molecular formula is C25H38N4O4Si. The smallest absolute Gasteiger partial charge is 0.345 e. The van der Waals surface area contributed by atoms with Crippen LogP contribution in [0.5, 0.6) is 0 Å². The highest BCUT2D eigenvalue weighted by molar-refractivity contribution is 6.74. The van der Waals surface area contributed by atoms with Crippen molar-refractivity contribution in [1.29, 1.82) is 0 Å². The molecule has 1 unspecified atom stereocenters. The molecule has 2 saturated heterocycles. The molecule has 0 spiro atoms. The van der Waals surface area contributed by atoms with E-state index in [1.807, 2.05) is 30.3 Å². The maximum absolute atomic E-state index is 13.1. The second kappa shape index (κ2) is 9.79. The zero-order valence-electron chi connectivity index (χ0n) is 21.3. The number of nitrogens with zero attached hydrogens (tertiary/aromatic N) is 4. The molecule has 0 aliphatic carbocycles. The molecule has 186 valence electrons. The van der Waals surface area contributed by atoms with Gasteiger partial charge < -0.3 is 13.7 Å². The van der Waals surface area contributed by atoms with Gasteiger partial charge in [0, 0.05) is 6.54 Å². The fourth-order valence-electron chi connectivity index (χ4n) is 4.31. The summed E-state index contributed by atoms with van der Waals surface area (Å²) in [6.45, 7) is 14.4. The van der Waals surface area contributed by atoms with Crippen molar-refractivity contribution in [1.82, 2.24) is 20.2 Å². The standard InChI is InChI=1S/C25H38N4O4Si/c1-7-20(33-34(5,6)25(2,3)4)15-22-26-27-23(32-22)21-14-13-19-16-28(21)24(30)29(19)31-17-18-11-9-8-10-12-18/h8-12,19-21H,7,13-17H2,1-6H3/t19-,20?,21+/m1/s1. The van der Waals surface area contributed by atoms with Crippen molar-refractivity contribution in [2.75, 3.05) is 6.54 Å². The van der Waals surface area contributed by atoms with Gasteiger partial charge in [-0.3, -0.25) is 4.84 Å². The Morgan fingerprint density at radius 1 is 1.18 bits per heavy atom. The van der Waals surface area contributed by atoms with Gasteiger partial charge in [-0.25, -0.2) is 4.79 Å². The Bertz CT molecular complexity index is 975. The minimum atomic E-state index is -1.89. The fraction of sp³-hybridized carbons (Fsp3) is 0.640. The maximum Gasteiger partial charge on any atom is 0.345 e. The molecule has 2 amide bonds. The molecule has 1 aromatic carbocycles. The number of carbonyl (C=O) groups excluding carboxylic acids is 1. The number of carbonyl (C=O) groups is 1. The van der Waals surface area contributed by atoms with Crippen LogP contribution in [0.2, 0.25) is 18.1 Å². The predicted octanol–water partition coefficient (Wildman–Crippen LogP) is 5.49. The van der Waals surface area contributed by atoms with Crippen LogP contribution >= 0.6 is 0 Å². The number of urea groups is 1. The normalized spacial score (nSPS) is 21.9. The topological polar surface area (TPSA) is 80.9 Å². The number of benzene rings is 1. The molecular weight excluding hydrogens is 448 g/mol. The summed E-state index contributed by atoms with van der Waals surface area (Å²) >= 11 is 0. The summed E-state index contributed by atoms with van der Waals surface area (Å²) in [4.78, 5) is 20.8. The first-order valence-electron chi connectivity index (χ1n) is 12.4. The van der Waals surface area contributed by atoms with Crippen molar-refractivity contribution in [2.45, 2.75) is 96.3 Å². The molecule has 0 radical (unpaired) electrons. The summed E-state index contributed by atoms with van der Waals surface area (Å²) in [5.74, 6) is 1.08. The first kappa shape index (κ1) is 24.9. The molecule has 2 aliphatic rings. The highest BCUT2D eigenvalue weighted by atomic mass is 28.4. The Balaban J connectivity index is 1.38. The van der Waals surface area contributed by atoms with Gasteiger partial charge in [0.2, 0.25) is 11.8 Å². The van der Waals surface area contributed by atoms with Crippen LogP contribution in [-0.4, -0.2) is 53.2 Å². The van der Waals surface area contributed by atoms with Gasteiger partial charge in [0.15, 0.2) is 8.32 Å². The molecule has 0 N–H and O–H groups in total. The number of hydroxylamine groups is 2. The van der Waals surface area contributed by atoms with Gasteiger partial charge in [0.1, 0.15) is 12.6 Å². The van der Waals surface area contributed by atoms with Crippen LogP contribution < -0.4 is 0 Å². The zero-order chi connectivity index (χ0) is 24.5. The van der Waals surface area contributed by atoms with Crippen LogP contribution in [0.25, 0.3) is 0 Å². The van der Waals surface area contributed by atoms with Gasteiger partial charge >= 0.3 is 6.03 Å². The molecule has 2 bridgehead atoms. The monoisotopic (exact) mass is 486 g/mol. The quantitative estimate of drug-likeness (QED) is 0.436. The average Bonchev–Trinajstić information content (AvgIpc) is 3.35. The van der Waals surface area contributed by atoms with E-state index >= 15 is 0 Å². The van der Waals surface area contributed by atoms with Crippen LogP contribution in [0.4, 0.5) is 4.79 Å². The van der Waals surface area contributed by atoms with E-state index in [1.54, 1.807) is 4.90 Å². The van der Waals surface area contributed by atoms with Gasteiger partial charge in [0.05, 0.1) is 18.6 Å². The van der Waals surface area contributed by atoms with Crippen molar-refractivity contribution in [2.24, 2.45) is 0 Å². The zero-order valence-corrected chi connectivity index (χ0v) is 22.3. The average molecular weight is 487 g/mol. The van der Waals surface area contributed by atoms with E-state index < -0.39 is 8.32 Å². The molecule has 8 nitrogen and oxygen atoms in total. The minimum Gasteiger partial charge on any atom is -0.423 e. The van der Waals surface area contributed by atoms with E-state index in [1.165, 1.54) is 5.06 Å². The third kappa shape index (κ3) is 5.21. The van der Waals surface area contributed by atoms with Gasteiger partial charge in [-0.15, -0.1) is 10.2 Å². The third-order valence-corrected chi connectivity index (χ3v) is 12.0. The molecule has 4 rings (SSSR count). The molecule has 2 aromatic rings. The van der Waals surface area contributed by atoms with Gasteiger partial charge in [-0.2, -0.15) is 5.06 Å². The number of piperidine rings is 1. The van der Waals surface area contributed by atoms with Crippen LogP contribution in [0, 0.1) is 0 Å². The van der Waals surface area contributed by atoms with Gasteiger partial charge in [-0.05, 0) is 43.0 Å². The Kier molecular flexibility index (Phi) is 7.16. The lowest BCUT2D eigenvalue weighted by Gasteiger charge is -2.39. The van der Waals surface area contributed by atoms with Crippen molar-refractivity contribution < 1.29 is 18.5 Å². The van der Waals surface area contributed by atoms with E-state index in [0.29, 0.717) is 31.4 Å². The largest absolute Gasteiger partial charge is 0.423 e. The lowest BCUT2D eigenvalue weighted by molar-refractivity contribution is -0.140. The number of amides is 2. The molecule has 0 saturated carbocycles. The number of rotatable bonds is 9. The van der Waals surface area contributed by atoms with E-state index in [2.05, 4.69) is 51.0 Å².